The van der Waals surface area contributed by atoms with E-state index in [2.05, 4.69) is 16.3 Å². The maximum absolute atomic E-state index is 9.80. The third kappa shape index (κ3) is 3.45. The molecular weight excluding hydrogens is 212 g/mol. The number of phenolic OH excluding ortho intramolecular Hbond substituents is 1. The molecule has 1 fully saturated rings. The molecule has 1 saturated heterocycles. The lowest BCUT2D eigenvalue weighted by Gasteiger charge is -2.14. The molecule has 1 aliphatic heterocycles. The quantitative estimate of drug-likeness (QED) is 0.833. The Labute approximate surface area is 103 Å². The summed E-state index contributed by atoms with van der Waals surface area (Å²) in [6.07, 6.45) is 3.62. The normalized spacial score (nSPS) is 20.1. The van der Waals surface area contributed by atoms with Crippen molar-refractivity contribution in [2.24, 2.45) is 0 Å². The Hall–Kier alpha value is -1.06. The van der Waals surface area contributed by atoms with E-state index in [0.29, 0.717) is 11.8 Å². The van der Waals surface area contributed by atoms with Crippen LogP contribution in [0.3, 0.4) is 0 Å². The van der Waals surface area contributed by atoms with Crippen LogP contribution in [-0.2, 0) is 13.0 Å². The van der Waals surface area contributed by atoms with Crippen molar-refractivity contribution in [2.75, 3.05) is 20.6 Å². The largest absolute Gasteiger partial charge is 0.508 e. The second kappa shape index (κ2) is 5.52. The van der Waals surface area contributed by atoms with E-state index in [1.54, 1.807) is 0 Å². The molecule has 0 saturated carbocycles. The molecule has 0 radical (unpaired) electrons. The smallest absolute Gasteiger partial charge is 0.120 e. The highest BCUT2D eigenvalue weighted by molar-refractivity contribution is 5.36. The Morgan fingerprint density at radius 2 is 2.24 bits per heavy atom. The topological polar surface area (TPSA) is 35.5 Å². The Morgan fingerprint density at radius 1 is 1.41 bits per heavy atom. The molecule has 3 heteroatoms. The van der Waals surface area contributed by atoms with Crippen molar-refractivity contribution >= 4 is 0 Å². The number of hydrogen-bond acceptors (Lipinski definition) is 3. The summed E-state index contributed by atoms with van der Waals surface area (Å²) in [7, 11) is 4.04. The van der Waals surface area contributed by atoms with E-state index in [1.807, 2.05) is 26.2 Å². The minimum absolute atomic E-state index is 0.404. The summed E-state index contributed by atoms with van der Waals surface area (Å²) in [5.41, 5.74) is 2.34. The number of aromatic hydroxyl groups is 1. The van der Waals surface area contributed by atoms with Crippen LogP contribution in [0.1, 0.15) is 24.0 Å². The highest BCUT2D eigenvalue weighted by Crippen LogP contribution is 2.21. The Balaban J connectivity index is 2.06. The van der Waals surface area contributed by atoms with Gasteiger partial charge in [-0.1, -0.05) is 12.1 Å². The average Bonchev–Trinajstić information content (AvgIpc) is 2.75. The maximum atomic E-state index is 9.80. The van der Waals surface area contributed by atoms with E-state index in [0.717, 1.165) is 25.1 Å². The first-order valence-corrected chi connectivity index (χ1v) is 6.34. The van der Waals surface area contributed by atoms with Crippen molar-refractivity contribution in [2.45, 2.75) is 31.8 Å². The monoisotopic (exact) mass is 234 g/mol. The predicted molar refractivity (Wildman–Crippen MR) is 70.2 cm³/mol. The first-order chi connectivity index (χ1) is 8.15. The molecule has 1 aliphatic rings. The number of nitrogens with one attached hydrogen (secondary N) is 1. The Kier molecular flexibility index (Phi) is 4.02. The van der Waals surface area contributed by atoms with Crippen LogP contribution >= 0.6 is 0 Å². The van der Waals surface area contributed by atoms with E-state index >= 15 is 0 Å². The number of rotatable bonds is 4. The van der Waals surface area contributed by atoms with E-state index in [-0.39, 0.29) is 0 Å². The van der Waals surface area contributed by atoms with Crippen LogP contribution in [0.4, 0.5) is 0 Å². The molecular formula is C14H22N2O. The lowest BCUT2D eigenvalue weighted by Crippen LogP contribution is -2.23. The molecule has 1 aromatic carbocycles. The van der Waals surface area contributed by atoms with Crippen molar-refractivity contribution < 1.29 is 5.11 Å². The van der Waals surface area contributed by atoms with Crippen LogP contribution in [0, 0.1) is 0 Å². The molecule has 1 aromatic rings. The van der Waals surface area contributed by atoms with Crippen LogP contribution in [0.2, 0.25) is 0 Å². The molecule has 17 heavy (non-hydrogen) atoms. The van der Waals surface area contributed by atoms with Crippen LogP contribution in [0.5, 0.6) is 5.75 Å². The summed E-state index contributed by atoms with van der Waals surface area (Å²) in [5, 5.41) is 13.3. The van der Waals surface area contributed by atoms with Gasteiger partial charge in [0, 0.05) is 18.2 Å². The van der Waals surface area contributed by atoms with Gasteiger partial charge in [0.15, 0.2) is 0 Å². The zero-order chi connectivity index (χ0) is 12.3. The molecule has 2 rings (SSSR count). The van der Waals surface area contributed by atoms with E-state index in [4.69, 9.17) is 0 Å². The highest BCUT2D eigenvalue weighted by Gasteiger charge is 2.15. The number of hydrogen-bond donors (Lipinski definition) is 2. The van der Waals surface area contributed by atoms with Crippen molar-refractivity contribution in [1.82, 2.24) is 10.2 Å². The van der Waals surface area contributed by atoms with Gasteiger partial charge in [-0.15, -0.1) is 0 Å². The van der Waals surface area contributed by atoms with Gasteiger partial charge in [-0.25, -0.2) is 0 Å². The molecule has 2 N–H and O–H groups in total. The molecule has 0 amide bonds. The molecule has 0 spiro atoms. The van der Waals surface area contributed by atoms with Gasteiger partial charge in [-0.3, -0.25) is 0 Å². The highest BCUT2D eigenvalue weighted by atomic mass is 16.3. The summed E-state index contributed by atoms with van der Waals surface area (Å²) in [4.78, 5) is 2.08. The summed E-state index contributed by atoms with van der Waals surface area (Å²) < 4.78 is 0. The van der Waals surface area contributed by atoms with Gasteiger partial charge in [-0.05, 0) is 51.5 Å². The molecule has 0 aromatic heterocycles. The number of benzene rings is 1. The molecule has 0 bridgehead atoms. The standard InChI is InChI=1S/C14H22N2O/c1-16(2)10-12-8-11(5-6-14(12)17)9-13-4-3-7-15-13/h5-6,8,13,15,17H,3-4,7,9-10H2,1-2H3. The summed E-state index contributed by atoms with van der Waals surface area (Å²) in [5.74, 6) is 0.404. The average molecular weight is 234 g/mol. The molecule has 1 atom stereocenters. The molecule has 1 unspecified atom stereocenters. The lowest BCUT2D eigenvalue weighted by molar-refractivity contribution is 0.385. The second-order valence-corrected chi connectivity index (χ2v) is 5.20. The zero-order valence-electron chi connectivity index (χ0n) is 10.7. The first kappa shape index (κ1) is 12.4. The van der Waals surface area contributed by atoms with Gasteiger partial charge in [-0.2, -0.15) is 0 Å². The zero-order valence-corrected chi connectivity index (χ0v) is 10.7. The van der Waals surface area contributed by atoms with E-state index in [1.165, 1.54) is 18.4 Å². The minimum atomic E-state index is 0.404. The second-order valence-electron chi connectivity index (χ2n) is 5.20. The molecule has 94 valence electrons. The summed E-state index contributed by atoms with van der Waals surface area (Å²) in [6.45, 7) is 1.94. The SMILES string of the molecule is CN(C)Cc1cc(CC2CCCN2)ccc1O. The van der Waals surface area contributed by atoms with Crippen LogP contribution in [0.15, 0.2) is 18.2 Å². The third-order valence-electron chi connectivity index (χ3n) is 3.27. The predicted octanol–water partition coefficient (Wildman–Crippen LogP) is 1.75. The van der Waals surface area contributed by atoms with Gasteiger partial charge in [0.2, 0.25) is 0 Å². The third-order valence-corrected chi connectivity index (χ3v) is 3.27. The lowest BCUT2D eigenvalue weighted by atomic mass is 10.0. The summed E-state index contributed by atoms with van der Waals surface area (Å²) >= 11 is 0. The van der Waals surface area contributed by atoms with Gasteiger partial charge < -0.3 is 15.3 Å². The fraction of sp³-hybridized carbons (Fsp3) is 0.571. The molecule has 1 heterocycles. The van der Waals surface area contributed by atoms with E-state index in [9.17, 15) is 5.11 Å². The maximum Gasteiger partial charge on any atom is 0.120 e. The van der Waals surface area contributed by atoms with Crippen molar-refractivity contribution in [3.63, 3.8) is 0 Å². The molecule has 0 aliphatic carbocycles. The van der Waals surface area contributed by atoms with Gasteiger partial charge in [0.25, 0.3) is 0 Å². The van der Waals surface area contributed by atoms with Crippen LogP contribution < -0.4 is 5.32 Å². The Bertz CT molecular complexity index is 370. The minimum Gasteiger partial charge on any atom is -0.508 e. The van der Waals surface area contributed by atoms with Crippen molar-refractivity contribution in [3.8, 4) is 5.75 Å². The molecule has 3 nitrogen and oxygen atoms in total. The van der Waals surface area contributed by atoms with Crippen LogP contribution in [0.25, 0.3) is 0 Å². The summed E-state index contributed by atoms with van der Waals surface area (Å²) in [6, 6.07) is 6.61. The van der Waals surface area contributed by atoms with Crippen molar-refractivity contribution in [1.29, 1.82) is 0 Å². The van der Waals surface area contributed by atoms with Gasteiger partial charge in [0.05, 0.1) is 0 Å². The van der Waals surface area contributed by atoms with E-state index < -0.39 is 0 Å². The first-order valence-electron chi connectivity index (χ1n) is 6.34. The fourth-order valence-electron chi connectivity index (χ4n) is 2.45. The number of nitrogens with zero attached hydrogens (tertiary/aromatic N) is 1. The van der Waals surface area contributed by atoms with Gasteiger partial charge >= 0.3 is 0 Å². The van der Waals surface area contributed by atoms with Crippen molar-refractivity contribution in [3.05, 3.63) is 29.3 Å². The number of phenols is 1. The fourth-order valence-corrected chi connectivity index (χ4v) is 2.45. The Morgan fingerprint density at radius 3 is 2.88 bits per heavy atom. The van der Waals surface area contributed by atoms with Gasteiger partial charge in [0.1, 0.15) is 5.75 Å². The van der Waals surface area contributed by atoms with Crippen LogP contribution in [-0.4, -0.2) is 36.7 Å².